The van der Waals surface area contributed by atoms with Crippen molar-refractivity contribution in [3.63, 3.8) is 0 Å². The molecule has 0 aliphatic heterocycles. The molecule has 1 nitrogen and oxygen atoms in total. The highest BCUT2D eigenvalue weighted by Gasteiger charge is 1.99. The van der Waals surface area contributed by atoms with Gasteiger partial charge in [-0.2, -0.15) is 0 Å². The fourth-order valence-electron chi connectivity index (χ4n) is 0.836. The predicted molar refractivity (Wildman–Crippen MR) is 47.9 cm³/mol. The van der Waals surface area contributed by atoms with Crippen LogP contribution in [0, 0.1) is 0 Å². The van der Waals surface area contributed by atoms with E-state index in [-0.39, 0.29) is 0 Å². The SMILES string of the molecule is NCC(P)c1ccccc1. The Kier molecular flexibility index (Phi) is 2.85. The van der Waals surface area contributed by atoms with Crippen molar-refractivity contribution >= 4 is 9.24 Å². The molecule has 0 saturated carbocycles. The van der Waals surface area contributed by atoms with Crippen molar-refractivity contribution in [1.29, 1.82) is 0 Å². The molecular weight excluding hydrogens is 141 g/mol. The summed E-state index contributed by atoms with van der Waals surface area (Å²) in [4.78, 5) is 0. The van der Waals surface area contributed by atoms with E-state index in [1.54, 1.807) is 0 Å². The molecule has 0 aliphatic carbocycles. The number of hydrogen-bond donors (Lipinski definition) is 1. The summed E-state index contributed by atoms with van der Waals surface area (Å²) in [5, 5.41) is 0. The van der Waals surface area contributed by atoms with Crippen LogP contribution < -0.4 is 5.73 Å². The Morgan fingerprint density at radius 3 is 2.40 bits per heavy atom. The Morgan fingerprint density at radius 2 is 1.90 bits per heavy atom. The maximum Gasteiger partial charge on any atom is 0.0108 e. The zero-order chi connectivity index (χ0) is 7.40. The molecule has 2 atom stereocenters. The third-order valence-corrected chi connectivity index (χ3v) is 2.14. The molecular formula is C8H12NP. The van der Waals surface area contributed by atoms with Gasteiger partial charge in [0.25, 0.3) is 0 Å². The van der Waals surface area contributed by atoms with Gasteiger partial charge in [-0.25, -0.2) is 0 Å². The summed E-state index contributed by atoms with van der Waals surface area (Å²) in [7, 11) is 2.72. The minimum atomic E-state index is 0.404. The number of rotatable bonds is 2. The van der Waals surface area contributed by atoms with Crippen LogP contribution in [0.15, 0.2) is 30.3 Å². The first-order valence-electron chi connectivity index (χ1n) is 3.35. The van der Waals surface area contributed by atoms with Crippen molar-refractivity contribution in [2.24, 2.45) is 5.73 Å². The van der Waals surface area contributed by atoms with Crippen LogP contribution in [0.5, 0.6) is 0 Å². The first-order valence-corrected chi connectivity index (χ1v) is 4.02. The van der Waals surface area contributed by atoms with E-state index in [0.29, 0.717) is 12.2 Å². The first-order chi connectivity index (χ1) is 4.84. The molecule has 1 rings (SSSR count). The van der Waals surface area contributed by atoms with E-state index >= 15 is 0 Å². The molecule has 54 valence electrons. The van der Waals surface area contributed by atoms with E-state index in [1.165, 1.54) is 5.56 Å². The third-order valence-electron chi connectivity index (χ3n) is 1.48. The summed E-state index contributed by atoms with van der Waals surface area (Å²) in [5.41, 5.74) is 7.17. The summed E-state index contributed by atoms with van der Waals surface area (Å²) >= 11 is 0. The van der Waals surface area contributed by atoms with Gasteiger partial charge in [-0.1, -0.05) is 30.3 Å². The van der Waals surface area contributed by atoms with E-state index in [1.807, 2.05) is 18.2 Å². The number of benzene rings is 1. The summed E-state index contributed by atoms with van der Waals surface area (Å²) < 4.78 is 0. The standard InChI is InChI=1S/C8H12NP/c9-6-8(10)7-4-2-1-3-5-7/h1-5,8H,6,9-10H2. The average Bonchev–Trinajstić information content (AvgIpc) is 2.05. The van der Waals surface area contributed by atoms with Gasteiger partial charge in [0.05, 0.1) is 0 Å². The van der Waals surface area contributed by atoms with Crippen molar-refractivity contribution < 1.29 is 0 Å². The minimum Gasteiger partial charge on any atom is -0.330 e. The predicted octanol–water partition coefficient (Wildman–Crippen LogP) is 1.56. The zero-order valence-corrected chi connectivity index (χ0v) is 6.98. The molecule has 0 aliphatic rings. The van der Waals surface area contributed by atoms with Gasteiger partial charge in [0.15, 0.2) is 0 Å². The molecule has 1 aromatic carbocycles. The van der Waals surface area contributed by atoms with Gasteiger partial charge < -0.3 is 5.73 Å². The first kappa shape index (κ1) is 7.71. The van der Waals surface area contributed by atoms with E-state index in [0.717, 1.165) is 0 Å². The number of nitrogens with two attached hydrogens (primary N) is 1. The summed E-state index contributed by atoms with van der Waals surface area (Å²) in [6, 6.07) is 10.2. The Bertz CT molecular complexity index is 186. The molecule has 0 spiro atoms. The molecule has 0 radical (unpaired) electrons. The second-order valence-corrected chi connectivity index (χ2v) is 3.06. The van der Waals surface area contributed by atoms with Crippen molar-refractivity contribution in [2.75, 3.05) is 6.54 Å². The fourth-order valence-corrected chi connectivity index (χ4v) is 1.06. The van der Waals surface area contributed by atoms with Crippen molar-refractivity contribution in [3.8, 4) is 0 Å². The lowest BCUT2D eigenvalue weighted by Gasteiger charge is -2.06. The molecule has 2 N–H and O–H groups in total. The topological polar surface area (TPSA) is 26.0 Å². The molecule has 10 heavy (non-hydrogen) atoms. The van der Waals surface area contributed by atoms with E-state index in [4.69, 9.17) is 5.73 Å². The van der Waals surface area contributed by atoms with Crippen LogP contribution in [0.2, 0.25) is 0 Å². The lowest BCUT2D eigenvalue weighted by atomic mass is 10.1. The summed E-state index contributed by atoms with van der Waals surface area (Å²) in [6.45, 7) is 0.689. The van der Waals surface area contributed by atoms with Crippen molar-refractivity contribution in [1.82, 2.24) is 0 Å². The maximum atomic E-state index is 5.48. The van der Waals surface area contributed by atoms with Gasteiger partial charge in [-0.15, -0.1) is 9.24 Å². The molecule has 0 bridgehead atoms. The Morgan fingerprint density at radius 1 is 1.30 bits per heavy atom. The zero-order valence-electron chi connectivity index (χ0n) is 5.83. The van der Waals surface area contributed by atoms with Gasteiger partial charge in [0.1, 0.15) is 0 Å². The second kappa shape index (κ2) is 3.70. The lowest BCUT2D eigenvalue weighted by Crippen LogP contribution is -2.05. The van der Waals surface area contributed by atoms with Crippen LogP contribution in [0.1, 0.15) is 11.2 Å². The summed E-state index contributed by atoms with van der Waals surface area (Å²) in [6.07, 6.45) is 0. The van der Waals surface area contributed by atoms with Crippen LogP contribution in [0.3, 0.4) is 0 Å². The van der Waals surface area contributed by atoms with Gasteiger partial charge in [-0.05, 0) is 5.56 Å². The molecule has 0 amide bonds. The van der Waals surface area contributed by atoms with Crippen LogP contribution in [-0.4, -0.2) is 6.54 Å². The van der Waals surface area contributed by atoms with Gasteiger partial charge in [0.2, 0.25) is 0 Å². The monoisotopic (exact) mass is 153 g/mol. The highest BCUT2D eigenvalue weighted by molar-refractivity contribution is 7.17. The Balaban J connectivity index is 2.75. The molecule has 2 heteroatoms. The second-order valence-electron chi connectivity index (χ2n) is 2.25. The van der Waals surface area contributed by atoms with E-state index < -0.39 is 0 Å². The third kappa shape index (κ3) is 1.80. The molecule has 0 aromatic heterocycles. The van der Waals surface area contributed by atoms with Crippen LogP contribution in [0.25, 0.3) is 0 Å². The minimum absolute atomic E-state index is 0.404. The van der Waals surface area contributed by atoms with E-state index in [2.05, 4.69) is 21.4 Å². The molecule has 2 unspecified atom stereocenters. The van der Waals surface area contributed by atoms with Crippen molar-refractivity contribution in [3.05, 3.63) is 35.9 Å². The van der Waals surface area contributed by atoms with Gasteiger partial charge in [-0.3, -0.25) is 0 Å². The lowest BCUT2D eigenvalue weighted by molar-refractivity contribution is 0.943. The van der Waals surface area contributed by atoms with Crippen LogP contribution >= 0.6 is 9.24 Å². The maximum absolute atomic E-state index is 5.48. The highest BCUT2D eigenvalue weighted by Crippen LogP contribution is 2.19. The quantitative estimate of drug-likeness (QED) is 0.641. The average molecular weight is 153 g/mol. The van der Waals surface area contributed by atoms with Gasteiger partial charge in [0, 0.05) is 12.2 Å². The van der Waals surface area contributed by atoms with E-state index in [9.17, 15) is 0 Å². The normalized spacial score (nSPS) is 13.0. The number of hydrogen-bond acceptors (Lipinski definition) is 1. The van der Waals surface area contributed by atoms with Crippen molar-refractivity contribution in [2.45, 2.75) is 5.66 Å². The molecule has 0 saturated heterocycles. The largest absolute Gasteiger partial charge is 0.330 e. The van der Waals surface area contributed by atoms with Gasteiger partial charge >= 0.3 is 0 Å². The van der Waals surface area contributed by atoms with Crippen LogP contribution in [0.4, 0.5) is 0 Å². The summed E-state index contributed by atoms with van der Waals surface area (Å²) in [5.74, 6) is 0. The fraction of sp³-hybridized carbons (Fsp3) is 0.250. The smallest absolute Gasteiger partial charge is 0.0108 e. The Hall–Kier alpha value is -0.390. The Labute approximate surface area is 63.8 Å². The molecule has 0 fully saturated rings. The molecule has 0 heterocycles. The van der Waals surface area contributed by atoms with Crippen LogP contribution in [-0.2, 0) is 0 Å². The highest BCUT2D eigenvalue weighted by atomic mass is 31.0. The molecule has 1 aromatic rings.